The maximum absolute atomic E-state index is 13.1. The molecule has 0 bridgehead atoms. The minimum Gasteiger partial charge on any atom is -0.338 e. The first kappa shape index (κ1) is 22.0. The number of aryl methyl sites for hydroxylation is 1. The van der Waals surface area contributed by atoms with E-state index < -0.39 is 10.0 Å². The molecule has 8 nitrogen and oxygen atoms in total. The molecule has 3 aromatic rings. The van der Waals surface area contributed by atoms with Crippen LogP contribution in [0.3, 0.4) is 0 Å². The summed E-state index contributed by atoms with van der Waals surface area (Å²) in [5.74, 6) is 0.944. The number of piperazine rings is 1. The summed E-state index contributed by atoms with van der Waals surface area (Å²) in [7, 11) is -3.48. The zero-order valence-corrected chi connectivity index (χ0v) is 18.2. The van der Waals surface area contributed by atoms with Crippen LogP contribution in [0.1, 0.15) is 12.2 Å². The van der Waals surface area contributed by atoms with Gasteiger partial charge in [0.25, 0.3) is 0 Å². The van der Waals surface area contributed by atoms with Crippen molar-refractivity contribution in [2.75, 3.05) is 31.1 Å². The number of sulfonamides is 1. The Balaban J connectivity index is 1.30. The van der Waals surface area contributed by atoms with Crippen molar-refractivity contribution >= 4 is 16.0 Å². The third kappa shape index (κ3) is 5.51. The van der Waals surface area contributed by atoms with E-state index in [0.29, 0.717) is 50.8 Å². The number of nitrogens with zero attached hydrogens (tertiary/aromatic N) is 6. The van der Waals surface area contributed by atoms with Crippen LogP contribution in [0.2, 0.25) is 0 Å². The van der Waals surface area contributed by atoms with E-state index in [1.165, 1.54) is 21.8 Å². The second-order valence-corrected chi connectivity index (χ2v) is 9.10. The molecule has 32 heavy (non-hydrogen) atoms. The third-order valence-corrected chi connectivity index (χ3v) is 6.74. The summed E-state index contributed by atoms with van der Waals surface area (Å²) in [6.07, 6.45) is 9.51. The Morgan fingerprint density at radius 3 is 2.22 bits per heavy atom. The molecule has 0 unspecified atom stereocenters. The molecule has 1 aliphatic heterocycles. The van der Waals surface area contributed by atoms with E-state index in [1.54, 1.807) is 49.1 Å². The van der Waals surface area contributed by atoms with Crippen LogP contribution in [0, 0.1) is 5.82 Å². The first-order chi connectivity index (χ1) is 15.5. The van der Waals surface area contributed by atoms with Crippen molar-refractivity contribution in [3.8, 4) is 11.1 Å². The number of hydrogen-bond acceptors (Lipinski definition) is 7. The molecule has 0 N–H and O–H groups in total. The largest absolute Gasteiger partial charge is 0.338 e. The number of halogens is 1. The van der Waals surface area contributed by atoms with Gasteiger partial charge in [0.1, 0.15) is 11.6 Å². The lowest BCUT2D eigenvalue weighted by Crippen LogP contribution is -2.48. The van der Waals surface area contributed by atoms with Gasteiger partial charge in [-0.15, -0.1) is 0 Å². The summed E-state index contributed by atoms with van der Waals surface area (Å²) in [5.41, 5.74) is 1.63. The smallest absolute Gasteiger partial charge is 0.236 e. The Morgan fingerprint density at radius 2 is 1.56 bits per heavy atom. The van der Waals surface area contributed by atoms with Gasteiger partial charge in [0, 0.05) is 68.4 Å². The summed E-state index contributed by atoms with van der Waals surface area (Å²) in [6.45, 7) is 1.72. The van der Waals surface area contributed by atoms with E-state index >= 15 is 0 Å². The minimum absolute atomic E-state index is 0.292. The molecule has 1 fully saturated rings. The van der Waals surface area contributed by atoms with Gasteiger partial charge >= 0.3 is 0 Å². The number of anilines is 1. The monoisotopic (exact) mass is 454 g/mol. The summed E-state index contributed by atoms with van der Waals surface area (Å²) in [4.78, 5) is 19.0. The molecule has 0 aliphatic carbocycles. The highest BCUT2D eigenvalue weighted by Crippen LogP contribution is 2.20. The van der Waals surface area contributed by atoms with Crippen LogP contribution in [0.5, 0.6) is 0 Å². The number of rotatable bonds is 7. The second-order valence-electron chi connectivity index (χ2n) is 7.29. The van der Waals surface area contributed by atoms with Gasteiger partial charge in [-0.05, 0) is 30.2 Å². The summed E-state index contributed by atoms with van der Waals surface area (Å²) < 4.78 is 39.7. The Morgan fingerprint density at radius 1 is 0.906 bits per heavy atom. The van der Waals surface area contributed by atoms with E-state index in [9.17, 15) is 12.8 Å². The Hall–Kier alpha value is -3.24. The Bertz CT molecular complexity index is 1150. The van der Waals surface area contributed by atoms with Crippen LogP contribution in [0.4, 0.5) is 10.3 Å². The SMILES string of the molecule is O=S(=O)(C=CCCc1ncccn1)N1CCN(c2ncc(-c3ccc(F)cc3)cn2)CC1. The molecule has 10 heteroatoms. The number of hydrogen-bond donors (Lipinski definition) is 0. The molecule has 0 radical (unpaired) electrons. The van der Waals surface area contributed by atoms with Crippen LogP contribution in [0.25, 0.3) is 11.1 Å². The molecule has 0 saturated carbocycles. The van der Waals surface area contributed by atoms with Crippen LogP contribution in [-0.4, -0.2) is 58.8 Å². The van der Waals surface area contributed by atoms with Crippen molar-refractivity contribution < 1.29 is 12.8 Å². The molecule has 1 aliphatic rings. The molecular formula is C22H23FN6O2S. The molecule has 0 spiro atoms. The van der Waals surface area contributed by atoms with Crippen LogP contribution < -0.4 is 4.90 Å². The lowest BCUT2D eigenvalue weighted by molar-refractivity contribution is 0.387. The maximum Gasteiger partial charge on any atom is 0.236 e. The summed E-state index contributed by atoms with van der Waals surface area (Å²) >= 11 is 0. The predicted octanol–water partition coefficient (Wildman–Crippen LogP) is 2.67. The lowest BCUT2D eigenvalue weighted by atomic mass is 10.1. The van der Waals surface area contributed by atoms with Crippen molar-refractivity contribution in [1.29, 1.82) is 0 Å². The van der Waals surface area contributed by atoms with Crippen molar-refractivity contribution in [3.05, 3.63) is 78.2 Å². The van der Waals surface area contributed by atoms with E-state index in [0.717, 1.165) is 11.1 Å². The zero-order valence-electron chi connectivity index (χ0n) is 17.4. The van der Waals surface area contributed by atoms with Crippen LogP contribution in [0.15, 0.2) is 66.6 Å². The molecule has 2 aromatic heterocycles. The first-order valence-corrected chi connectivity index (χ1v) is 11.8. The van der Waals surface area contributed by atoms with Crippen molar-refractivity contribution in [2.45, 2.75) is 12.8 Å². The van der Waals surface area contributed by atoms with Gasteiger partial charge in [0.15, 0.2) is 0 Å². The normalized spacial score (nSPS) is 15.3. The van der Waals surface area contributed by atoms with Crippen molar-refractivity contribution in [1.82, 2.24) is 24.2 Å². The van der Waals surface area contributed by atoms with Gasteiger partial charge in [0.2, 0.25) is 16.0 Å². The fourth-order valence-electron chi connectivity index (χ4n) is 3.37. The highest BCUT2D eigenvalue weighted by Gasteiger charge is 2.26. The van der Waals surface area contributed by atoms with E-state index in [1.807, 2.05) is 4.90 Å². The molecule has 4 rings (SSSR count). The van der Waals surface area contributed by atoms with Gasteiger partial charge in [-0.25, -0.2) is 32.7 Å². The lowest BCUT2D eigenvalue weighted by Gasteiger charge is -2.33. The summed E-state index contributed by atoms with van der Waals surface area (Å²) in [5, 5.41) is 1.26. The molecule has 1 saturated heterocycles. The highest BCUT2D eigenvalue weighted by molar-refractivity contribution is 7.92. The fourth-order valence-corrected chi connectivity index (χ4v) is 4.59. The van der Waals surface area contributed by atoms with Gasteiger partial charge in [-0.1, -0.05) is 18.2 Å². The third-order valence-electron chi connectivity index (χ3n) is 5.12. The second kappa shape index (κ2) is 9.92. The zero-order chi connectivity index (χ0) is 22.4. The molecule has 1 aromatic carbocycles. The van der Waals surface area contributed by atoms with Crippen molar-refractivity contribution in [3.63, 3.8) is 0 Å². The molecule has 0 amide bonds. The van der Waals surface area contributed by atoms with Gasteiger partial charge < -0.3 is 4.90 Å². The molecule has 3 heterocycles. The minimum atomic E-state index is -3.48. The predicted molar refractivity (Wildman–Crippen MR) is 120 cm³/mol. The average Bonchev–Trinajstić information content (AvgIpc) is 2.83. The quantitative estimate of drug-likeness (QED) is 0.542. The fraction of sp³-hybridized carbons (Fsp3) is 0.273. The van der Waals surface area contributed by atoms with Crippen LogP contribution >= 0.6 is 0 Å². The van der Waals surface area contributed by atoms with Gasteiger partial charge in [-0.2, -0.15) is 4.31 Å². The van der Waals surface area contributed by atoms with Crippen molar-refractivity contribution in [2.24, 2.45) is 0 Å². The topological polar surface area (TPSA) is 92.2 Å². The number of aromatic nitrogens is 4. The number of allylic oxidation sites excluding steroid dienone is 1. The van der Waals surface area contributed by atoms with E-state index in [-0.39, 0.29) is 5.82 Å². The van der Waals surface area contributed by atoms with Crippen LogP contribution in [-0.2, 0) is 16.4 Å². The molecule has 0 atom stereocenters. The maximum atomic E-state index is 13.1. The molecule has 166 valence electrons. The Kier molecular flexibility index (Phi) is 6.81. The molecular weight excluding hydrogens is 431 g/mol. The highest BCUT2D eigenvalue weighted by atomic mass is 32.2. The average molecular weight is 455 g/mol. The first-order valence-electron chi connectivity index (χ1n) is 10.3. The number of benzene rings is 1. The van der Waals surface area contributed by atoms with E-state index in [4.69, 9.17) is 0 Å². The van der Waals surface area contributed by atoms with E-state index in [2.05, 4.69) is 19.9 Å². The Labute approximate surface area is 186 Å². The standard InChI is InChI=1S/C22H23FN6O2S/c23-20-7-5-18(6-8-20)19-16-26-22(27-17-19)28-11-13-29(14-12-28)32(30,31)15-2-1-4-21-24-9-3-10-25-21/h2-3,5-10,15-17H,1,4,11-14H2. The van der Waals surface area contributed by atoms with Gasteiger partial charge in [-0.3, -0.25) is 0 Å². The summed E-state index contributed by atoms with van der Waals surface area (Å²) in [6, 6.07) is 7.89. The van der Waals surface area contributed by atoms with Gasteiger partial charge in [0.05, 0.1) is 0 Å².